The van der Waals surface area contributed by atoms with Gasteiger partial charge in [-0.25, -0.2) is 4.79 Å². The summed E-state index contributed by atoms with van der Waals surface area (Å²) in [7, 11) is 0. The van der Waals surface area contributed by atoms with E-state index in [1.54, 1.807) is 30.3 Å². The van der Waals surface area contributed by atoms with Crippen molar-refractivity contribution < 1.29 is 37.3 Å². The molecule has 25 heavy (non-hydrogen) atoms. The van der Waals surface area contributed by atoms with Crippen LogP contribution in [0.15, 0.2) is 47.1 Å². The molecule has 1 heterocycles. The average Bonchev–Trinajstić information content (AvgIpc) is 2.54. The maximum Gasteiger partial charge on any atom is 0.575 e. The smallest absolute Gasteiger partial charge is 0.478 e. The average molecular weight is 357 g/mol. The van der Waals surface area contributed by atoms with E-state index in [4.69, 9.17) is 4.74 Å². The molecule has 0 fully saturated rings. The predicted molar refractivity (Wildman–Crippen MR) is 79.4 cm³/mol. The summed E-state index contributed by atoms with van der Waals surface area (Å²) in [4.78, 5) is 26.5. The molecule has 0 bridgehead atoms. The number of esters is 1. The van der Waals surface area contributed by atoms with Crippen LogP contribution in [0, 0.1) is 11.8 Å². The summed E-state index contributed by atoms with van der Waals surface area (Å²) < 4.78 is 45.6. The summed E-state index contributed by atoms with van der Waals surface area (Å²) >= 11 is 0. The van der Waals surface area contributed by atoms with Gasteiger partial charge < -0.3 is 14.6 Å². The van der Waals surface area contributed by atoms with E-state index in [-0.39, 0.29) is 18.8 Å². The minimum Gasteiger partial charge on any atom is -0.478 e. The topological polar surface area (TPSA) is 85.2 Å². The summed E-state index contributed by atoms with van der Waals surface area (Å²) in [6.07, 6.45) is -3.25. The van der Waals surface area contributed by atoms with E-state index in [0.29, 0.717) is 0 Å². The van der Waals surface area contributed by atoms with Crippen LogP contribution in [0.1, 0.15) is 5.56 Å². The number of ether oxygens (including phenoxy) is 2. The van der Waals surface area contributed by atoms with Crippen molar-refractivity contribution in [2.75, 3.05) is 6.61 Å². The third-order valence-corrected chi connectivity index (χ3v) is 3.44. The van der Waals surface area contributed by atoms with Gasteiger partial charge in [0, 0.05) is 18.3 Å². The fourth-order valence-electron chi connectivity index (χ4n) is 2.30. The molecule has 2 rings (SSSR count). The van der Waals surface area contributed by atoms with Crippen LogP contribution in [-0.2, 0) is 25.7 Å². The van der Waals surface area contributed by atoms with Crippen LogP contribution in [0.5, 0.6) is 0 Å². The van der Waals surface area contributed by atoms with E-state index in [2.05, 4.69) is 9.73 Å². The zero-order valence-corrected chi connectivity index (χ0v) is 12.8. The molecule has 6 nitrogen and oxygen atoms in total. The van der Waals surface area contributed by atoms with Crippen LogP contribution in [0.3, 0.4) is 0 Å². The molecule has 0 aromatic heterocycles. The highest BCUT2D eigenvalue weighted by molar-refractivity contribution is 5.96. The highest BCUT2D eigenvalue weighted by atomic mass is 19.4. The Hall–Kier alpha value is -2.68. The van der Waals surface area contributed by atoms with Crippen molar-refractivity contribution in [1.29, 1.82) is 0 Å². The lowest BCUT2D eigenvalue weighted by Gasteiger charge is -2.25. The molecule has 0 spiro atoms. The molecule has 1 aliphatic heterocycles. The summed E-state index contributed by atoms with van der Waals surface area (Å²) in [5.74, 6) is -5.67. The zero-order chi connectivity index (χ0) is 18.4. The van der Waals surface area contributed by atoms with Gasteiger partial charge in [0.25, 0.3) is 0 Å². The Morgan fingerprint density at radius 2 is 1.88 bits per heavy atom. The van der Waals surface area contributed by atoms with Gasteiger partial charge in [0.1, 0.15) is 5.92 Å². The Kier molecular flexibility index (Phi) is 5.92. The first-order valence-electron chi connectivity index (χ1n) is 7.16. The highest BCUT2D eigenvalue weighted by Gasteiger charge is 2.42. The van der Waals surface area contributed by atoms with Gasteiger partial charge in [-0.15, -0.1) is 13.2 Å². The number of halogens is 3. The predicted octanol–water partition coefficient (Wildman–Crippen LogP) is 2.55. The Morgan fingerprint density at radius 1 is 1.20 bits per heavy atom. The van der Waals surface area contributed by atoms with Gasteiger partial charge in [-0.2, -0.15) is 0 Å². The van der Waals surface area contributed by atoms with E-state index in [1.165, 1.54) is 0 Å². The first-order chi connectivity index (χ1) is 11.8. The Morgan fingerprint density at radius 3 is 2.48 bits per heavy atom. The number of alkyl halides is 3. The van der Waals surface area contributed by atoms with Crippen molar-refractivity contribution in [3.8, 4) is 0 Å². The maximum absolute atomic E-state index is 12.3. The van der Waals surface area contributed by atoms with Crippen molar-refractivity contribution in [3.05, 3.63) is 47.7 Å². The van der Waals surface area contributed by atoms with Gasteiger partial charge in [0.2, 0.25) is 0 Å². The quantitative estimate of drug-likeness (QED) is 0.791. The molecular formula is C16H14F3NO5. The number of aliphatic imine (C=N–C) groups is 1. The highest BCUT2D eigenvalue weighted by Crippen LogP contribution is 2.28. The number of nitrogens with zero attached hydrogens (tertiary/aromatic N) is 1. The number of carbonyl (C=O) groups is 2. The van der Waals surface area contributed by atoms with E-state index in [1.807, 2.05) is 0 Å². The molecule has 0 aliphatic carbocycles. The van der Waals surface area contributed by atoms with Crippen LogP contribution in [-0.4, -0.2) is 36.2 Å². The van der Waals surface area contributed by atoms with Crippen molar-refractivity contribution in [1.82, 2.24) is 0 Å². The number of carboxylic acid groups (broad SMARTS) is 1. The second-order valence-electron chi connectivity index (χ2n) is 5.19. The number of aliphatic carboxylic acids is 1. The van der Waals surface area contributed by atoms with Crippen LogP contribution in [0.4, 0.5) is 13.2 Å². The second-order valence-corrected chi connectivity index (χ2v) is 5.19. The first kappa shape index (κ1) is 18.7. The fourth-order valence-corrected chi connectivity index (χ4v) is 2.30. The number of carboxylic acids is 1. The minimum absolute atomic E-state index is 0.114. The fraction of sp³-hybridized carbons (Fsp3) is 0.312. The Balaban J connectivity index is 2.09. The van der Waals surface area contributed by atoms with Gasteiger partial charge in [-0.1, -0.05) is 30.3 Å². The lowest BCUT2D eigenvalue weighted by atomic mass is 9.86. The summed E-state index contributed by atoms with van der Waals surface area (Å²) in [6.45, 7) is -0.168. The molecule has 1 aliphatic rings. The number of hydrogen-bond acceptors (Lipinski definition) is 5. The SMILES string of the molecule is O=C(O)C1=CN=CC(C(=O)OC(F)(F)F)C1COCc1ccccc1. The third-order valence-electron chi connectivity index (χ3n) is 3.44. The van der Waals surface area contributed by atoms with Gasteiger partial charge in [-0.05, 0) is 5.56 Å². The Bertz CT molecular complexity index is 685. The molecule has 1 aromatic rings. The summed E-state index contributed by atoms with van der Waals surface area (Å²) in [5.41, 5.74) is 0.474. The monoisotopic (exact) mass is 357 g/mol. The van der Waals surface area contributed by atoms with Crippen molar-refractivity contribution in [2.24, 2.45) is 16.8 Å². The molecule has 0 amide bonds. The van der Waals surface area contributed by atoms with Crippen LogP contribution >= 0.6 is 0 Å². The number of rotatable bonds is 6. The normalized spacial score (nSPS) is 20.0. The zero-order valence-electron chi connectivity index (χ0n) is 12.8. The van der Waals surface area contributed by atoms with E-state index in [9.17, 15) is 27.9 Å². The Labute approximate surface area is 140 Å². The minimum atomic E-state index is -5.16. The van der Waals surface area contributed by atoms with Gasteiger partial charge in [0.05, 0.1) is 18.8 Å². The second kappa shape index (κ2) is 7.93. The van der Waals surface area contributed by atoms with Crippen molar-refractivity contribution in [3.63, 3.8) is 0 Å². The summed E-state index contributed by atoms with van der Waals surface area (Å²) in [5, 5.41) is 9.19. The van der Waals surface area contributed by atoms with Gasteiger partial charge in [0.15, 0.2) is 0 Å². The van der Waals surface area contributed by atoms with Crippen LogP contribution in [0.25, 0.3) is 0 Å². The molecule has 134 valence electrons. The van der Waals surface area contributed by atoms with E-state index >= 15 is 0 Å². The van der Waals surface area contributed by atoms with Crippen LogP contribution < -0.4 is 0 Å². The van der Waals surface area contributed by atoms with E-state index in [0.717, 1.165) is 18.0 Å². The molecule has 0 saturated heterocycles. The maximum atomic E-state index is 12.3. The van der Waals surface area contributed by atoms with Crippen molar-refractivity contribution in [2.45, 2.75) is 13.0 Å². The lowest BCUT2D eigenvalue weighted by molar-refractivity contribution is -0.307. The van der Waals surface area contributed by atoms with Gasteiger partial charge >= 0.3 is 18.3 Å². The molecule has 0 saturated carbocycles. The largest absolute Gasteiger partial charge is 0.575 e. The molecule has 9 heteroatoms. The molecule has 2 atom stereocenters. The van der Waals surface area contributed by atoms with Crippen molar-refractivity contribution >= 4 is 18.2 Å². The van der Waals surface area contributed by atoms with Crippen LogP contribution in [0.2, 0.25) is 0 Å². The van der Waals surface area contributed by atoms with Gasteiger partial charge in [-0.3, -0.25) is 9.79 Å². The molecule has 1 aromatic carbocycles. The summed E-state index contributed by atoms with van der Waals surface area (Å²) in [6, 6.07) is 8.89. The standard InChI is InChI=1S/C16H14F3NO5/c17-16(18,19)25-15(23)12-7-20-6-11(14(21)22)13(12)9-24-8-10-4-2-1-3-5-10/h1-7,12-13H,8-9H2,(H,21,22). The van der Waals surface area contributed by atoms with E-state index < -0.39 is 30.1 Å². The number of carbonyl (C=O) groups excluding carboxylic acids is 1. The molecule has 1 N–H and O–H groups in total. The number of hydrogen-bond donors (Lipinski definition) is 1. The molecule has 0 radical (unpaired) electrons. The molecule has 2 unspecified atom stereocenters. The number of benzene rings is 1. The third kappa shape index (κ3) is 5.42. The lowest BCUT2D eigenvalue weighted by Crippen LogP contribution is -2.37. The molecular weight excluding hydrogens is 343 g/mol. The first-order valence-corrected chi connectivity index (χ1v) is 7.16.